The average Bonchev–Trinajstić information content (AvgIpc) is 2.73. The van der Waals surface area contributed by atoms with Crippen LogP contribution in [-0.4, -0.2) is 37.5 Å². The first-order valence-electron chi connectivity index (χ1n) is 9.46. The van der Waals surface area contributed by atoms with Crippen molar-refractivity contribution in [2.45, 2.75) is 31.6 Å². The molecule has 29 heavy (non-hydrogen) atoms. The lowest BCUT2D eigenvalue weighted by Gasteiger charge is -2.31. The lowest BCUT2D eigenvalue weighted by molar-refractivity contribution is -0.312. The molecule has 154 valence electrons. The van der Waals surface area contributed by atoms with Crippen LogP contribution in [-0.2, 0) is 14.8 Å². The molecule has 8 heteroatoms. The molecule has 0 saturated carbocycles. The highest BCUT2D eigenvalue weighted by Crippen LogP contribution is 2.24. The summed E-state index contributed by atoms with van der Waals surface area (Å²) >= 11 is 0. The van der Waals surface area contributed by atoms with Crippen molar-refractivity contribution < 1.29 is 18.3 Å². The highest BCUT2D eigenvalue weighted by atomic mass is 32.2. The molecule has 1 heterocycles. The van der Waals surface area contributed by atoms with Crippen LogP contribution in [0.5, 0.6) is 0 Å². The molecule has 1 N–H and O–H groups in total. The number of nitrogens with zero attached hydrogens (tertiary/aromatic N) is 2. The number of benzene rings is 2. The van der Waals surface area contributed by atoms with Gasteiger partial charge in [0.05, 0.1) is 16.3 Å². The van der Waals surface area contributed by atoms with E-state index >= 15 is 0 Å². The van der Waals surface area contributed by atoms with Crippen LogP contribution in [0.2, 0.25) is 0 Å². The third-order valence-electron chi connectivity index (χ3n) is 5.08. The van der Waals surface area contributed by atoms with Crippen LogP contribution in [0.1, 0.15) is 30.9 Å². The van der Waals surface area contributed by atoms with E-state index in [4.69, 9.17) is 0 Å². The van der Waals surface area contributed by atoms with Gasteiger partial charge >= 0.3 is 0 Å². The molecule has 0 atom stereocenters. The third kappa shape index (κ3) is 5.02. The molecular weight excluding hydrogens is 390 g/mol. The Hall–Kier alpha value is -2.71. The van der Waals surface area contributed by atoms with Gasteiger partial charge in [0.1, 0.15) is 0 Å². The van der Waals surface area contributed by atoms with Crippen LogP contribution >= 0.6 is 0 Å². The molecule has 0 aromatic heterocycles. The van der Waals surface area contributed by atoms with Gasteiger partial charge in [0, 0.05) is 25.0 Å². The van der Waals surface area contributed by atoms with E-state index in [0.29, 0.717) is 11.3 Å². The largest absolute Gasteiger partial charge is 0.550 e. The predicted molar refractivity (Wildman–Crippen MR) is 110 cm³/mol. The highest BCUT2D eigenvalue weighted by Gasteiger charge is 2.29. The molecule has 0 aliphatic carbocycles. The van der Waals surface area contributed by atoms with Crippen molar-refractivity contribution in [1.82, 2.24) is 4.31 Å². The van der Waals surface area contributed by atoms with Gasteiger partial charge in [-0.2, -0.15) is 9.41 Å². The Balaban J connectivity index is 1.75. The normalized spacial score (nSPS) is 16.6. The molecule has 0 unspecified atom stereocenters. The van der Waals surface area contributed by atoms with Gasteiger partial charge in [0.2, 0.25) is 10.0 Å². The monoisotopic (exact) mass is 414 g/mol. The Morgan fingerprint density at radius 2 is 1.79 bits per heavy atom. The van der Waals surface area contributed by atoms with Gasteiger partial charge in [-0.3, -0.25) is 5.43 Å². The number of aliphatic carboxylic acids is 1. The SMILES string of the molecule is C/C(=N/Nc1ccc(C)cc1)c1cccc(S(=O)(=O)N2CCC(C(=O)[O-])CC2)c1. The number of nitrogens with one attached hydrogen (secondary N) is 1. The summed E-state index contributed by atoms with van der Waals surface area (Å²) in [6.07, 6.45) is 0.532. The minimum atomic E-state index is -3.69. The molecular formula is C21H24N3O4S-. The first kappa shape index (κ1) is 21.0. The fourth-order valence-electron chi connectivity index (χ4n) is 3.20. The Bertz CT molecular complexity index is 1010. The summed E-state index contributed by atoms with van der Waals surface area (Å²) in [5.74, 6) is -1.70. The average molecular weight is 415 g/mol. The fraction of sp³-hybridized carbons (Fsp3) is 0.333. The molecule has 0 amide bonds. The maximum atomic E-state index is 13.0. The van der Waals surface area contributed by atoms with E-state index in [1.165, 1.54) is 4.31 Å². The molecule has 0 spiro atoms. The number of carbonyl (C=O) groups is 1. The van der Waals surface area contributed by atoms with E-state index in [1.54, 1.807) is 31.2 Å². The van der Waals surface area contributed by atoms with Gasteiger partial charge in [-0.1, -0.05) is 29.8 Å². The Kier molecular flexibility index (Phi) is 6.34. The zero-order valence-corrected chi connectivity index (χ0v) is 17.3. The standard InChI is InChI=1S/C21H25N3O4S/c1-15-6-8-19(9-7-15)23-22-16(2)18-4-3-5-20(14-18)29(27,28)24-12-10-17(11-13-24)21(25)26/h3-9,14,17,23H,10-13H2,1-2H3,(H,25,26)/p-1/b22-16-. The topological polar surface area (TPSA) is 102 Å². The van der Waals surface area contributed by atoms with Crippen molar-refractivity contribution >= 4 is 27.4 Å². The van der Waals surface area contributed by atoms with Gasteiger partial charge in [0.25, 0.3) is 0 Å². The summed E-state index contributed by atoms with van der Waals surface area (Å²) in [6, 6.07) is 14.4. The second-order valence-corrected chi connectivity index (χ2v) is 9.14. The number of sulfonamides is 1. The molecule has 0 radical (unpaired) electrons. The van der Waals surface area contributed by atoms with Gasteiger partial charge in [-0.25, -0.2) is 8.42 Å². The molecule has 7 nitrogen and oxygen atoms in total. The summed E-state index contributed by atoms with van der Waals surface area (Å²) in [6.45, 7) is 4.16. The number of rotatable bonds is 6. The number of carboxylic acids is 1. The molecule has 1 saturated heterocycles. The van der Waals surface area contributed by atoms with Gasteiger partial charge in [-0.05, 0) is 56.5 Å². The van der Waals surface area contributed by atoms with Gasteiger partial charge in [-0.15, -0.1) is 0 Å². The highest BCUT2D eigenvalue weighted by molar-refractivity contribution is 7.89. The summed E-state index contributed by atoms with van der Waals surface area (Å²) in [5.41, 5.74) is 6.31. The molecule has 2 aromatic carbocycles. The van der Waals surface area contributed by atoms with Crippen LogP contribution in [0, 0.1) is 12.8 Å². The van der Waals surface area contributed by atoms with Crippen molar-refractivity contribution in [3.8, 4) is 0 Å². The first-order chi connectivity index (χ1) is 13.8. The van der Waals surface area contributed by atoms with Crippen LogP contribution in [0.3, 0.4) is 0 Å². The summed E-state index contributed by atoms with van der Waals surface area (Å²) in [7, 11) is -3.69. The Labute approximate surface area is 171 Å². The van der Waals surface area contributed by atoms with E-state index in [2.05, 4.69) is 10.5 Å². The predicted octanol–water partition coefficient (Wildman–Crippen LogP) is 1.98. The number of hydrogen-bond donors (Lipinski definition) is 1. The minimum absolute atomic E-state index is 0.173. The first-order valence-corrected chi connectivity index (χ1v) is 10.9. The Morgan fingerprint density at radius 1 is 1.14 bits per heavy atom. The van der Waals surface area contributed by atoms with Gasteiger partial charge < -0.3 is 9.90 Å². The van der Waals surface area contributed by atoms with E-state index in [0.717, 1.165) is 11.3 Å². The minimum Gasteiger partial charge on any atom is -0.550 e. The summed E-state index contributed by atoms with van der Waals surface area (Å²) in [5, 5.41) is 15.3. The molecule has 3 rings (SSSR count). The quantitative estimate of drug-likeness (QED) is 0.575. The van der Waals surface area contributed by atoms with Crippen molar-refractivity contribution in [3.05, 3.63) is 59.7 Å². The maximum absolute atomic E-state index is 13.0. The van der Waals surface area contributed by atoms with Crippen molar-refractivity contribution in [3.63, 3.8) is 0 Å². The van der Waals surface area contributed by atoms with Crippen molar-refractivity contribution in [2.24, 2.45) is 11.0 Å². The molecule has 1 fully saturated rings. The lowest BCUT2D eigenvalue weighted by atomic mass is 9.99. The number of carboxylic acid groups (broad SMARTS) is 1. The zero-order valence-electron chi connectivity index (χ0n) is 16.5. The second-order valence-electron chi connectivity index (χ2n) is 7.20. The number of aryl methyl sites for hydroxylation is 1. The van der Waals surface area contributed by atoms with Crippen molar-refractivity contribution in [2.75, 3.05) is 18.5 Å². The van der Waals surface area contributed by atoms with E-state index in [-0.39, 0.29) is 30.8 Å². The smallest absolute Gasteiger partial charge is 0.243 e. The van der Waals surface area contributed by atoms with Crippen molar-refractivity contribution in [1.29, 1.82) is 0 Å². The van der Waals surface area contributed by atoms with E-state index < -0.39 is 21.9 Å². The molecule has 1 aliphatic heterocycles. The number of hydrazone groups is 1. The maximum Gasteiger partial charge on any atom is 0.243 e. The lowest BCUT2D eigenvalue weighted by Crippen LogP contribution is -2.43. The third-order valence-corrected chi connectivity index (χ3v) is 6.98. The van der Waals surface area contributed by atoms with Crippen LogP contribution in [0.15, 0.2) is 58.5 Å². The molecule has 1 aliphatic rings. The fourth-order valence-corrected chi connectivity index (χ4v) is 4.72. The molecule has 2 aromatic rings. The number of hydrogen-bond acceptors (Lipinski definition) is 6. The van der Waals surface area contributed by atoms with Crippen LogP contribution in [0.25, 0.3) is 0 Å². The Morgan fingerprint density at radius 3 is 2.41 bits per heavy atom. The van der Waals surface area contributed by atoms with Crippen LogP contribution in [0.4, 0.5) is 5.69 Å². The van der Waals surface area contributed by atoms with Gasteiger partial charge in [0.15, 0.2) is 0 Å². The number of carbonyl (C=O) groups excluding carboxylic acids is 1. The number of anilines is 1. The van der Waals surface area contributed by atoms with Crippen LogP contribution < -0.4 is 10.5 Å². The van der Waals surface area contributed by atoms with E-state index in [1.807, 2.05) is 31.2 Å². The zero-order chi connectivity index (χ0) is 21.0. The second kappa shape index (κ2) is 8.75. The van der Waals surface area contributed by atoms with E-state index in [9.17, 15) is 18.3 Å². The summed E-state index contributed by atoms with van der Waals surface area (Å²) < 4.78 is 27.3. The summed E-state index contributed by atoms with van der Waals surface area (Å²) in [4.78, 5) is 11.2. The number of piperidine rings is 1. The molecule has 0 bridgehead atoms.